The fraction of sp³-hybridized carbons (Fsp3) is 0.250. The van der Waals surface area contributed by atoms with Crippen LogP contribution in [0.15, 0.2) is 48.5 Å². The SMILES string of the molecule is CSP1(=S)N(c2ccccc2C(F)(F)F)P(=S)(SC)N1c1ccccc1C(F)(F)F. The van der Waals surface area contributed by atoms with Gasteiger partial charge < -0.3 is 0 Å². The van der Waals surface area contributed by atoms with Gasteiger partial charge in [-0.2, -0.15) is 26.3 Å². The van der Waals surface area contributed by atoms with Crippen molar-refractivity contribution < 1.29 is 26.3 Å². The summed E-state index contributed by atoms with van der Waals surface area (Å²) in [6, 6.07) is 9.83. The molecule has 0 aliphatic carbocycles. The lowest BCUT2D eigenvalue weighted by molar-refractivity contribution is -0.137. The Kier molecular flexibility index (Phi) is 6.63. The van der Waals surface area contributed by atoms with E-state index in [0.717, 1.165) is 34.9 Å². The summed E-state index contributed by atoms with van der Waals surface area (Å²) in [5.74, 6) is 0. The Morgan fingerprint density at radius 2 is 0.967 bits per heavy atom. The van der Waals surface area contributed by atoms with E-state index in [1.54, 1.807) is 12.5 Å². The second kappa shape index (κ2) is 8.19. The molecule has 0 amide bonds. The van der Waals surface area contributed by atoms with E-state index in [1.165, 1.54) is 45.3 Å². The van der Waals surface area contributed by atoms with Crippen molar-refractivity contribution in [3.63, 3.8) is 0 Å². The molecule has 30 heavy (non-hydrogen) atoms. The minimum absolute atomic E-state index is 0.180. The molecule has 0 spiro atoms. The number of nitrogens with zero attached hydrogens (tertiary/aromatic N) is 2. The van der Waals surface area contributed by atoms with Gasteiger partial charge in [0.25, 0.3) is 0 Å². The first-order valence-corrected chi connectivity index (χ1v) is 17.2. The highest BCUT2D eigenvalue weighted by atomic mass is 33.0. The van der Waals surface area contributed by atoms with Crippen molar-refractivity contribution >= 4 is 68.8 Å². The average molecular weight is 539 g/mol. The van der Waals surface area contributed by atoms with Crippen molar-refractivity contribution in [2.75, 3.05) is 21.4 Å². The van der Waals surface area contributed by atoms with Crippen LogP contribution in [0.2, 0.25) is 0 Å². The Hall–Kier alpha value is -0.380. The number of alkyl halides is 6. The van der Waals surface area contributed by atoms with E-state index in [4.69, 9.17) is 23.6 Å². The molecule has 0 atom stereocenters. The summed E-state index contributed by atoms with van der Waals surface area (Å²) in [4.78, 5) is 0. The monoisotopic (exact) mass is 538 g/mol. The summed E-state index contributed by atoms with van der Waals surface area (Å²) in [7, 11) is 0. The first kappa shape index (κ1) is 24.3. The molecule has 2 aromatic carbocycles. The molecule has 1 heterocycles. The number of para-hydroxylation sites is 2. The lowest BCUT2D eigenvalue weighted by Gasteiger charge is -2.62. The van der Waals surface area contributed by atoms with Gasteiger partial charge in [-0.3, -0.25) is 8.88 Å². The highest BCUT2D eigenvalue weighted by Gasteiger charge is 2.60. The smallest absolute Gasteiger partial charge is 0.266 e. The van der Waals surface area contributed by atoms with Gasteiger partial charge in [0.05, 0.1) is 22.5 Å². The van der Waals surface area contributed by atoms with Crippen molar-refractivity contribution in [3.05, 3.63) is 59.7 Å². The number of benzene rings is 2. The molecule has 1 aliphatic heterocycles. The van der Waals surface area contributed by atoms with Crippen LogP contribution in [0.3, 0.4) is 0 Å². The molecule has 0 unspecified atom stereocenters. The molecule has 0 bridgehead atoms. The van der Waals surface area contributed by atoms with Crippen molar-refractivity contribution in [1.82, 2.24) is 0 Å². The minimum atomic E-state index is -4.65. The highest BCUT2D eigenvalue weighted by molar-refractivity contribution is 8.86. The second-order valence-corrected chi connectivity index (χ2v) is 20.6. The van der Waals surface area contributed by atoms with Gasteiger partial charge in [-0.25, -0.2) is 0 Å². The molecule has 14 heteroatoms. The average Bonchev–Trinajstić information content (AvgIpc) is 2.66. The van der Waals surface area contributed by atoms with Gasteiger partial charge in [-0.1, -0.05) is 47.0 Å². The summed E-state index contributed by atoms with van der Waals surface area (Å²) in [5, 5.41) is 0. The third-order valence-electron chi connectivity index (χ3n) is 4.28. The van der Waals surface area contributed by atoms with Gasteiger partial charge in [0.1, 0.15) is 0 Å². The summed E-state index contributed by atoms with van der Waals surface area (Å²) in [5.41, 5.74) is -8.42. The number of halogens is 6. The van der Waals surface area contributed by atoms with E-state index >= 15 is 0 Å². The molecule has 1 aliphatic rings. The Morgan fingerprint density at radius 1 is 0.667 bits per heavy atom. The quantitative estimate of drug-likeness (QED) is 0.284. The molecule has 3 rings (SSSR count). The minimum Gasteiger partial charge on any atom is -0.266 e. The van der Waals surface area contributed by atoms with E-state index in [-0.39, 0.29) is 11.4 Å². The van der Waals surface area contributed by atoms with Crippen LogP contribution >= 0.6 is 33.8 Å². The zero-order chi connectivity index (χ0) is 22.5. The van der Waals surface area contributed by atoms with Gasteiger partial charge in [-0.05, 0) is 60.4 Å². The molecule has 2 nitrogen and oxygen atoms in total. The van der Waals surface area contributed by atoms with E-state index in [0.29, 0.717) is 0 Å². The van der Waals surface area contributed by atoms with Crippen LogP contribution in [-0.4, -0.2) is 12.5 Å². The molecule has 0 saturated carbocycles. The number of anilines is 2. The normalized spacial score (nSPS) is 24.7. The molecule has 2 aromatic rings. The van der Waals surface area contributed by atoms with Crippen LogP contribution in [0.25, 0.3) is 0 Å². The van der Waals surface area contributed by atoms with Gasteiger partial charge in [0.15, 0.2) is 11.1 Å². The number of rotatable bonds is 4. The fourth-order valence-corrected chi connectivity index (χ4v) is 26.0. The summed E-state index contributed by atoms with van der Waals surface area (Å²) < 4.78 is 84.8. The lowest BCUT2D eigenvalue weighted by atomic mass is 10.2. The topological polar surface area (TPSA) is 6.48 Å². The Morgan fingerprint density at radius 3 is 1.23 bits per heavy atom. The Bertz CT molecular complexity index is 959. The van der Waals surface area contributed by atoms with E-state index < -0.39 is 34.6 Å². The number of hydrogen-bond acceptors (Lipinski definition) is 4. The molecule has 0 aromatic heterocycles. The van der Waals surface area contributed by atoms with Crippen LogP contribution < -0.4 is 8.88 Å². The lowest BCUT2D eigenvalue weighted by Crippen LogP contribution is -2.41. The third-order valence-corrected chi connectivity index (χ3v) is 23.5. The van der Waals surface area contributed by atoms with Crippen molar-refractivity contribution in [2.24, 2.45) is 0 Å². The fourth-order valence-electron chi connectivity index (χ4n) is 3.04. The van der Waals surface area contributed by atoms with E-state index in [1.807, 2.05) is 0 Å². The van der Waals surface area contributed by atoms with E-state index in [2.05, 4.69) is 0 Å². The van der Waals surface area contributed by atoms with Crippen LogP contribution in [0.1, 0.15) is 11.1 Å². The van der Waals surface area contributed by atoms with Gasteiger partial charge in [-0.15, -0.1) is 0 Å². The van der Waals surface area contributed by atoms with Crippen LogP contribution in [-0.2, 0) is 36.0 Å². The highest BCUT2D eigenvalue weighted by Crippen LogP contribution is 2.95. The Labute approximate surface area is 188 Å². The predicted octanol–water partition coefficient (Wildman–Crippen LogP) is 8.23. The molecule has 1 saturated heterocycles. The van der Waals surface area contributed by atoms with Gasteiger partial charge >= 0.3 is 12.4 Å². The molecular formula is C16H14F6N2P2S4. The zero-order valence-corrected chi connectivity index (χ0v) is 20.4. The summed E-state index contributed by atoms with van der Waals surface area (Å²) >= 11 is 13.7. The standard InChI is InChI=1S/C16H14F6N2P2S4/c1-29-25(27)23(13-9-5-3-7-11(13)15(17,18)19)26(28,30-2)24(25)14-10-6-4-8-12(14)16(20,21)22/h3-10H,1-2H3. The molecule has 0 N–H and O–H groups in total. The zero-order valence-electron chi connectivity index (χ0n) is 15.3. The van der Waals surface area contributed by atoms with E-state index in [9.17, 15) is 26.3 Å². The second-order valence-electron chi connectivity index (χ2n) is 5.96. The van der Waals surface area contributed by atoms with Crippen LogP contribution in [0, 0.1) is 0 Å². The molecule has 164 valence electrons. The summed E-state index contributed by atoms with van der Waals surface area (Å²) in [6.07, 6.45) is -6.13. The summed E-state index contributed by atoms with van der Waals surface area (Å²) in [6.45, 7) is 0. The maximum atomic E-state index is 13.7. The van der Waals surface area contributed by atoms with Crippen LogP contribution in [0.5, 0.6) is 0 Å². The molecule has 1 fully saturated rings. The molecule has 0 radical (unpaired) electrons. The maximum Gasteiger partial charge on any atom is 0.418 e. The maximum absolute atomic E-state index is 13.7. The van der Waals surface area contributed by atoms with Gasteiger partial charge in [0.2, 0.25) is 0 Å². The Balaban J connectivity index is 2.27. The largest absolute Gasteiger partial charge is 0.418 e. The van der Waals surface area contributed by atoms with Crippen molar-refractivity contribution in [1.29, 1.82) is 0 Å². The predicted molar refractivity (Wildman–Crippen MR) is 123 cm³/mol. The van der Waals surface area contributed by atoms with Crippen molar-refractivity contribution in [3.8, 4) is 0 Å². The first-order chi connectivity index (χ1) is 13.8. The van der Waals surface area contributed by atoms with Crippen molar-refractivity contribution in [2.45, 2.75) is 12.4 Å². The third kappa shape index (κ3) is 3.82. The molecular weight excluding hydrogens is 524 g/mol. The van der Waals surface area contributed by atoms with Crippen LogP contribution in [0.4, 0.5) is 37.7 Å². The van der Waals surface area contributed by atoms with Gasteiger partial charge in [0, 0.05) is 0 Å². The number of hydrogen-bond donors (Lipinski definition) is 0. The first-order valence-electron chi connectivity index (χ1n) is 8.08.